The average Bonchev–Trinajstić information content (AvgIpc) is 3.06. The van der Waals surface area contributed by atoms with Crippen LogP contribution in [-0.2, 0) is 6.42 Å². The molecule has 0 bridgehead atoms. The van der Waals surface area contributed by atoms with Gasteiger partial charge in [-0.1, -0.05) is 23.7 Å². The molecule has 1 fully saturated rings. The second kappa shape index (κ2) is 5.71. The summed E-state index contributed by atoms with van der Waals surface area (Å²) in [5.41, 5.74) is 0.855. The molecule has 0 aliphatic heterocycles. The Balaban J connectivity index is 1.73. The molecule has 3 rings (SSSR count). The van der Waals surface area contributed by atoms with Crippen molar-refractivity contribution in [3.63, 3.8) is 0 Å². The molecule has 0 radical (unpaired) electrons. The highest BCUT2D eigenvalue weighted by molar-refractivity contribution is 5.20. The minimum Gasteiger partial charge on any atom is -0.339 e. The predicted molar refractivity (Wildman–Crippen MR) is 72.9 cm³/mol. The molecule has 2 unspecified atom stereocenters. The zero-order chi connectivity index (χ0) is 13.9. The molecule has 1 heterocycles. The lowest BCUT2D eigenvalue weighted by Gasteiger charge is -2.14. The lowest BCUT2D eigenvalue weighted by atomic mass is 10.0. The quantitative estimate of drug-likeness (QED) is 0.932. The largest absolute Gasteiger partial charge is 0.339 e. The van der Waals surface area contributed by atoms with Crippen LogP contribution in [0.1, 0.15) is 42.5 Å². The maximum absolute atomic E-state index is 13.1. The van der Waals surface area contributed by atoms with Gasteiger partial charge in [-0.15, -0.1) is 0 Å². The van der Waals surface area contributed by atoms with Gasteiger partial charge in [0.15, 0.2) is 5.82 Å². The van der Waals surface area contributed by atoms with Gasteiger partial charge in [-0.2, -0.15) is 4.98 Å². The second-order valence-electron chi connectivity index (χ2n) is 5.29. The number of hydrogen-bond donors (Lipinski definition) is 1. The molecule has 1 N–H and O–H groups in total. The van der Waals surface area contributed by atoms with Crippen LogP contribution in [0.3, 0.4) is 0 Å². The molecule has 106 valence electrons. The predicted octanol–water partition coefficient (Wildman–Crippen LogP) is 2.66. The maximum Gasteiger partial charge on any atom is 0.231 e. The summed E-state index contributed by atoms with van der Waals surface area (Å²) in [5.74, 6) is 1.38. The fourth-order valence-corrected chi connectivity index (χ4v) is 2.92. The fourth-order valence-electron chi connectivity index (χ4n) is 2.92. The van der Waals surface area contributed by atoms with E-state index in [2.05, 4.69) is 15.5 Å². The van der Waals surface area contributed by atoms with Gasteiger partial charge in [-0.3, -0.25) is 0 Å². The SMILES string of the molecule is CNC1CCCC1c1nc(Cc2cccc(F)c2)no1. The molecule has 1 aliphatic carbocycles. The zero-order valence-electron chi connectivity index (χ0n) is 11.5. The third kappa shape index (κ3) is 2.72. The highest BCUT2D eigenvalue weighted by Gasteiger charge is 2.31. The summed E-state index contributed by atoms with van der Waals surface area (Å²) in [7, 11) is 1.97. The molecule has 2 atom stereocenters. The molecular formula is C15H18FN3O. The first-order valence-corrected chi connectivity index (χ1v) is 7.00. The van der Waals surface area contributed by atoms with Gasteiger partial charge in [0.2, 0.25) is 5.89 Å². The Morgan fingerprint density at radius 3 is 3.10 bits per heavy atom. The smallest absolute Gasteiger partial charge is 0.231 e. The van der Waals surface area contributed by atoms with E-state index in [1.807, 2.05) is 13.1 Å². The van der Waals surface area contributed by atoms with E-state index in [0.29, 0.717) is 30.1 Å². The van der Waals surface area contributed by atoms with Crippen molar-refractivity contribution in [3.05, 3.63) is 47.4 Å². The van der Waals surface area contributed by atoms with Crippen LogP contribution in [-0.4, -0.2) is 23.2 Å². The Kier molecular flexibility index (Phi) is 3.78. The van der Waals surface area contributed by atoms with Gasteiger partial charge in [0.25, 0.3) is 0 Å². The first kappa shape index (κ1) is 13.2. The lowest BCUT2D eigenvalue weighted by molar-refractivity contribution is 0.332. The molecule has 1 aromatic carbocycles. The topological polar surface area (TPSA) is 51.0 Å². The Hall–Kier alpha value is -1.75. The highest BCUT2D eigenvalue weighted by atomic mass is 19.1. The maximum atomic E-state index is 13.1. The Morgan fingerprint density at radius 1 is 1.40 bits per heavy atom. The molecule has 0 amide bonds. The molecule has 4 nitrogen and oxygen atoms in total. The number of benzene rings is 1. The Labute approximate surface area is 117 Å². The summed E-state index contributed by atoms with van der Waals surface area (Å²) in [4.78, 5) is 4.48. The van der Waals surface area contributed by atoms with Gasteiger partial charge in [-0.05, 0) is 37.6 Å². The first-order chi connectivity index (χ1) is 9.76. The number of likely N-dealkylation sites (N-methyl/N-ethyl adjacent to an activating group) is 1. The number of aromatic nitrogens is 2. The molecule has 20 heavy (non-hydrogen) atoms. The van der Waals surface area contributed by atoms with Gasteiger partial charge in [-0.25, -0.2) is 4.39 Å². The zero-order valence-corrected chi connectivity index (χ0v) is 11.5. The Morgan fingerprint density at radius 2 is 2.30 bits per heavy atom. The van der Waals surface area contributed by atoms with Crippen LogP contribution in [0.25, 0.3) is 0 Å². The van der Waals surface area contributed by atoms with E-state index in [0.717, 1.165) is 18.4 Å². The number of hydrogen-bond acceptors (Lipinski definition) is 4. The summed E-state index contributed by atoms with van der Waals surface area (Å²) in [6, 6.07) is 6.91. The van der Waals surface area contributed by atoms with Crippen LogP contribution in [0, 0.1) is 5.82 Å². The molecule has 1 saturated carbocycles. The molecule has 5 heteroatoms. The Bertz CT molecular complexity index is 584. The lowest BCUT2D eigenvalue weighted by Crippen LogP contribution is -2.27. The number of halogens is 1. The summed E-state index contributed by atoms with van der Waals surface area (Å²) in [6.07, 6.45) is 3.89. The minimum absolute atomic E-state index is 0.239. The van der Waals surface area contributed by atoms with Crippen LogP contribution in [0.4, 0.5) is 4.39 Å². The van der Waals surface area contributed by atoms with Crippen molar-refractivity contribution in [2.24, 2.45) is 0 Å². The summed E-state index contributed by atoms with van der Waals surface area (Å²) < 4.78 is 18.5. The van der Waals surface area contributed by atoms with E-state index in [1.165, 1.54) is 18.6 Å². The van der Waals surface area contributed by atoms with Crippen molar-refractivity contribution in [1.29, 1.82) is 0 Å². The van der Waals surface area contributed by atoms with Gasteiger partial charge in [0.05, 0.1) is 5.92 Å². The van der Waals surface area contributed by atoms with Crippen LogP contribution in [0.2, 0.25) is 0 Å². The molecular weight excluding hydrogens is 257 g/mol. The normalized spacial score (nSPS) is 22.3. The van der Waals surface area contributed by atoms with Gasteiger partial charge < -0.3 is 9.84 Å². The number of nitrogens with zero attached hydrogens (tertiary/aromatic N) is 2. The van der Waals surface area contributed by atoms with E-state index >= 15 is 0 Å². The van der Waals surface area contributed by atoms with E-state index in [-0.39, 0.29) is 5.82 Å². The van der Waals surface area contributed by atoms with Gasteiger partial charge in [0.1, 0.15) is 5.82 Å². The fraction of sp³-hybridized carbons (Fsp3) is 0.467. The van der Waals surface area contributed by atoms with E-state index < -0.39 is 0 Å². The van der Waals surface area contributed by atoms with E-state index in [4.69, 9.17) is 4.52 Å². The van der Waals surface area contributed by atoms with Crippen molar-refractivity contribution < 1.29 is 8.91 Å². The van der Waals surface area contributed by atoms with Crippen molar-refractivity contribution in [2.45, 2.75) is 37.6 Å². The third-order valence-electron chi connectivity index (χ3n) is 3.94. The van der Waals surface area contributed by atoms with Crippen LogP contribution < -0.4 is 5.32 Å². The number of rotatable bonds is 4. The van der Waals surface area contributed by atoms with Crippen molar-refractivity contribution in [3.8, 4) is 0 Å². The first-order valence-electron chi connectivity index (χ1n) is 7.00. The molecule has 0 saturated heterocycles. The monoisotopic (exact) mass is 275 g/mol. The standard InChI is InChI=1S/C15H18FN3O/c1-17-13-7-3-6-12(13)15-18-14(19-20-15)9-10-4-2-5-11(16)8-10/h2,4-5,8,12-13,17H,3,6-7,9H2,1H3. The average molecular weight is 275 g/mol. The summed E-state index contributed by atoms with van der Waals surface area (Å²) in [6.45, 7) is 0. The van der Waals surface area contributed by atoms with Gasteiger partial charge in [0, 0.05) is 12.5 Å². The number of nitrogens with one attached hydrogen (secondary N) is 1. The molecule has 2 aromatic rings. The molecule has 0 spiro atoms. The van der Waals surface area contributed by atoms with Crippen LogP contribution in [0.5, 0.6) is 0 Å². The molecule has 1 aromatic heterocycles. The highest BCUT2D eigenvalue weighted by Crippen LogP contribution is 2.33. The van der Waals surface area contributed by atoms with Crippen LogP contribution >= 0.6 is 0 Å². The van der Waals surface area contributed by atoms with Crippen molar-refractivity contribution >= 4 is 0 Å². The van der Waals surface area contributed by atoms with E-state index in [1.54, 1.807) is 6.07 Å². The van der Waals surface area contributed by atoms with Crippen molar-refractivity contribution in [2.75, 3.05) is 7.05 Å². The minimum atomic E-state index is -0.239. The second-order valence-corrected chi connectivity index (χ2v) is 5.29. The van der Waals surface area contributed by atoms with Crippen LogP contribution in [0.15, 0.2) is 28.8 Å². The third-order valence-corrected chi connectivity index (χ3v) is 3.94. The summed E-state index contributed by atoms with van der Waals surface area (Å²) >= 11 is 0. The van der Waals surface area contributed by atoms with Gasteiger partial charge >= 0.3 is 0 Å². The van der Waals surface area contributed by atoms with E-state index in [9.17, 15) is 4.39 Å². The molecule has 1 aliphatic rings. The summed E-state index contributed by atoms with van der Waals surface area (Å²) in [5, 5.41) is 7.32. The van der Waals surface area contributed by atoms with Crippen molar-refractivity contribution in [1.82, 2.24) is 15.5 Å².